The second-order valence-corrected chi connectivity index (χ2v) is 5.51. The van der Waals surface area contributed by atoms with Crippen LogP contribution in [0.15, 0.2) is 30.3 Å². The zero-order chi connectivity index (χ0) is 15.5. The maximum atomic E-state index is 11.5. The lowest BCUT2D eigenvalue weighted by Gasteiger charge is -2.32. The first-order valence-electron chi connectivity index (χ1n) is 6.89. The molecule has 1 fully saturated rings. The molecule has 0 radical (unpaired) electrons. The minimum Gasteiger partial charge on any atom is -0.465 e. The van der Waals surface area contributed by atoms with E-state index in [0.29, 0.717) is 0 Å². The van der Waals surface area contributed by atoms with Crippen LogP contribution in [-0.4, -0.2) is 52.4 Å². The van der Waals surface area contributed by atoms with Crippen molar-refractivity contribution in [2.75, 3.05) is 13.2 Å². The fourth-order valence-electron chi connectivity index (χ4n) is 2.43. The molecule has 0 saturated carbocycles. The average Bonchev–Trinajstić information content (AvgIpc) is 2.79. The molecule has 1 amide bonds. The highest BCUT2D eigenvalue weighted by Crippen LogP contribution is 2.26. The van der Waals surface area contributed by atoms with E-state index in [1.807, 2.05) is 30.3 Å². The van der Waals surface area contributed by atoms with Crippen molar-refractivity contribution < 1.29 is 24.5 Å². The van der Waals surface area contributed by atoms with Crippen molar-refractivity contribution in [1.82, 2.24) is 4.90 Å². The number of amides is 1. The SMILES string of the molecule is CC1(C)OC[C@@H]([C@@H](CO)N(Cc2ccccc2)C(=O)O)O1. The molecule has 6 nitrogen and oxygen atoms in total. The maximum absolute atomic E-state index is 11.5. The Bertz CT molecular complexity index is 476. The standard InChI is InChI=1S/C15H21NO5/c1-15(2)20-10-13(21-15)12(9-17)16(14(18)19)8-11-6-4-3-5-7-11/h3-7,12-13,17H,8-10H2,1-2H3,(H,18,19)/t12-,13+/m1/s1. The van der Waals surface area contributed by atoms with Crippen molar-refractivity contribution in [2.45, 2.75) is 38.3 Å². The summed E-state index contributed by atoms with van der Waals surface area (Å²) in [4.78, 5) is 12.7. The number of carbonyl (C=O) groups is 1. The first kappa shape index (κ1) is 15.8. The van der Waals surface area contributed by atoms with E-state index in [9.17, 15) is 15.0 Å². The van der Waals surface area contributed by atoms with Crippen LogP contribution in [0.25, 0.3) is 0 Å². The average molecular weight is 295 g/mol. The molecule has 2 N–H and O–H groups in total. The predicted octanol–water partition coefficient (Wildman–Crippen LogP) is 1.68. The number of aliphatic hydroxyl groups excluding tert-OH is 1. The summed E-state index contributed by atoms with van der Waals surface area (Å²) >= 11 is 0. The second kappa shape index (κ2) is 6.43. The lowest BCUT2D eigenvalue weighted by atomic mass is 10.1. The van der Waals surface area contributed by atoms with Crippen LogP contribution < -0.4 is 0 Å². The number of nitrogens with zero attached hydrogens (tertiary/aromatic N) is 1. The van der Waals surface area contributed by atoms with Gasteiger partial charge >= 0.3 is 6.09 Å². The largest absolute Gasteiger partial charge is 0.465 e. The topological polar surface area (TPSA) is 79.2 Å². The Hall–Kier alpha value is -1.63. The van der Waals surface area contributed by atoms with Gasteiger partial charge in [-0.1, -0.05) is 30.3 Å². The van der Waals surface area contributed by atoms with Crippen molar-refractivity contribution in [1.29, 1.82) is 0 Å². The van der Waals surface area contributed by atoms with E-state index in [-0.39, 0.29) is 19.8 Å². The molecule has 1 saturated heterocycles. The highest BCUT2D eigenvalue weighted by atomic mass is 16.7. The van der Waals surface area contributed by atoms with E-state index in [2.05, 4.69) is 0 Å². The Morgan fingerprint density at radius 1 is 1.43 bits per heavy atom. The fourth-order valence-corrected chi connectivity index (χ4v) is 2.43. The molecule has 2 rings (SSSR count). The van der Waals surface area contributed by atoms with Crippen molar-refractivity contribution in [3.8, 4) is 0 Å². The molecule has 1 heterocycles. The van der Waals surface area contributed by atoms with E-state index in [4.69, 9.17) is 9.47 Å². The van der Waals surface area contributed by atoms with Crippen LogP contribution in [0.4, 0.5) is 4.79 Å². The Labute approximate surface area is 123 Å². The van der Waals surface area contributed by atoms with Crippen LogP contribution >= 0.6 is 0 Å². The van der Waals surface area contributed by atoms with Crippen molar-refractivity contribution in [3.63, 3.8) is 0 Å². The Balaban J connectivity index is 2.14. The molecule has 1 aromatic rings. The van der Waals surface area contributed by atoms with Gasteiger partial charge in [-0.3, -0.25) is 4.90 Å². The number of aliphatic hydroxyl groups is 1. The zero-order valence-corrected chi connectivity index (χ0v) is 12.2. The van der Waals surface area contributed by atoms with Crippen molar-refractivity contribution in [2.24, 2.45) is 0 Å². The van der Waals surface area contributed by atoms with Gasteiger partial charge in [-0.05, 0) is 19.4 Å². The zero-order valence-electron chi connectivity index (χ0n) is 12.2. The van der Waals surface area contributed by atoms with Gasteiger partial charge in [0.25, 0.3) is 0 Å². The maximum Gasteiger partial charge on any atom is 0.408 e. The number of rotatable bonds is 5. The van der Waals surface area contributed by atoms with E-state index in [1.54, 1.807) is 13.8 Å². The first-order valence-corrected chi connectivity index (χ1v) is 6.89. The summed E-state index contributed by atoms with van der Waals surface area (Å²) in [6.07, 6.45) is -1.57. The highest BCUT2D eigenvalue weighted by Gasteiger charge is 2.40. The number of benzene rings is 1. The molecular weight excluding hydrogens is 274 g/mol. The van der Waals surface area contributed by atoms with Crippen LogP contribution in [0.2, 0.25) is 0 Å². The molecule has 6 heteroatoms. The molecule has 0 unspecified atom stereocenters. The van der Waals surface area contributed by atoms with Gasteiger partial charge in [0.1, 0.15) is 6.10 Å². The number of hydrogen-bond donors (Lipinski definition) is 2. The monoisotopic (exact) mass is 295 g/mol. The van der Waals surface area contributed by atoms with Gasteiger partial charge in [0.2, 0.25) is 0 Å². The first-order chi connectivity index (χ1) is 9.93. The third kappa shape index (κ3) is 3.93. The van der Waals surface area contributed by atoms with E-state index in [1.165, 1.54) is 4.90 Å². The molecule has 0 spiro atoms. The van der Waals surface area contributed by atoms with Crippen LogP contribution in [0.1, 0.15) is 19.4 Å². The summed E-state index contributed by atoms with van der Waals surface area (Å²) < 4.78 is 11.1. The summed E-state index contributed by atoms with van der Waals surface area (Å²) in [6.45, 7) is 3.68. The van der Waals surface area contributed by atoms with Gasteiger partial charge in [0, 0.05) is 6.54 Å². The second-order valence-electron chi connectivity index (χ2n) is 5.51. The molecule has 1 aliphatic heterocycles. The lowest BCUT2D eigenvalue weighted by Crippen LogP contribution is -2.49. The molecule has 0 aromatic heterocycles. The molecule has 21 heavy (non-hydrogen) atoms. The summed E-state index contributed by atoms with van der Waals surface area (Å²) in [7, 11) is 0. The molecule has 0 bridgehead atoms. The minimum absolute atomic E-state index is 0.196. The summed E-state index contributed by atoms with van der Waals surface area (Å²) in [5.74, 6) is -0.755. The number of ether oxygens (including phenoxy) is 2. The van der Waals surface area contributed by atoms with Gasteiger partial charge in [0.15, 0.2) is 5.79 Å². The van der Waals surface area contributed by atoms with Crippen LogP contribution in [-0.2, 0) is 16.0 Å². The third-order valence-corrected chi connectivity index (χ3v) is 3.49. The predicted molar refractivity (Wildman–Crippen MR) is 75.8 cm³/mol. The molecule has 1 aromatic carbocycles. The molecular formula is C15H21NO5. The fraction of sp³-hybridized carbons (Fsp3) is 0.533. The van der Waals surface area contributed by atoms with Gasteiger partial charge < -0.3 is 19.7 Å². The lowest BCUT2D eigenvalue weighted by molar-refractivity contribution is -0.147. The van der Waals surface area contributed by atoms with E-state index < -0.39 is 24.0 Å². The highest BCUT2D eigenvalue weighted by molar-refractivity contribution is 5.65. The van der Waals surface area contributed by atoms with Gasteiger partial charge in [0.05, 0.1) is 19.3 Å². The van der Waals surface area contributed by atoms with Crippen LogP contribution in [0, 0.1) is 0 Å². The van der Waals surface area contributed by atoms with Crippen LogP contribution in [0.3, 0.4) is 0 Å². The molecule has 116 valence electrons. The normalized spacial score (nSPS) is 22.0. The Morgan fingerprint density at radius 2 is 2.10 bits per heavy atom. The van der Waals surface area contributed by atoms with Gasteiger partial charge in [-0.15, -0.1) is 0 Å². The quantitative estimate of drug-likeness (QED) is 0.864. The van der Waals surface area contributed by atoms with Crippen molar-refractivity contribution >= 4 is 6.09 Å². The summed E-state index contributed by atoms with van der Waals surface area (Å²) in [5, 5.41) is 19.1. The Kier molecular flexibility index (Phi) is 4.82. The van der Waals surface area contributed by atoms with Gasteiger partial charge in [-0.2, -0.15) is 0 Å². The number of hydrogen-bond acceptors (Lipinski definition) is 4. The van der Waals surface area contributed by atoms with Gasteiger partial charge in [-0.25, -0.2) is 4.79 Å². The smallest absolute Gasteiger partial charge is 0.408 e. The number of carboxylic acid groups (broad SMARTS) is 1. The third-order valence-electron chi connectivity index (χ3n) is 3.49. The van der Waals surface area contributed by atoms with Crippen LogP contribution in [0.5, 0.6) is 0 Å². The summed E-state index contributed by atoms with van der Waals surface area (Å²) in [6, 6.07) is 8.60. The van der Waals surface area contributed by atoms with E-state index >= 15 is 0 Å². The summed E-state index contributed by atoms with van der Waals surface area (Å²) in [5.41, 5.74) is 0.858. The molecule has 2 atom stereocenters. The molecule has 0 aliphatic carbocycles. The Morgan fingerprint density at radius 3 is 2.57 bits per heavy atom. The van der Waals surface area contributed by atoms with E-state index in [0.717, 1.165) is 5.56 Å². The van der Waals surface area contributed by atoms with Crippen molar-refractivity contribution in [3.05, 3.63) is 35.9 Å². The minimum atomic E-state index is -1.09. The molecule has 1 aliphatic rings.